The summed E-state index contributed by atoms with van der Waals surface area (Å²) in [5.74, 6) is -0.571. The Bertz CT molecular complexity index is 509. The summed E-state index contributed by atoms with van der Waals surface area (Å²) >= 11 is 11.5. The van der Waals surface area contributed by atoms with Gasteiger partial charge in [0.05, 0.1) is 5.56 Å². The van der Waals surface area contributed by atoms with E-state index in [9.17, 15) is 9.59 Å². The number of piperazine rings is 1. The van der Waals surface area contributed by atoms with Crippen LogP contribution in [0.1, 0.15) is 17.3 Å². The highest BCUT2D eigenvalue weighted by Crippen LogP contribution is 2.19. The molecule has 1 aliphatic heterocycles. The van der Waals surface area contributed by atoms with E-state index in [1.807, 2.05) is 0 Å². The van der Waals surface area contributed by atoms with Gasteiger partial charge in [-0.1, -0.05) is 23.2 Å². The minimum atomic E-state index is -0.547. The van der Waals surface area contributed by atoms with Gasteiger partial charge in [-0.15, -0.1) is 10.2 Å². The topological polar surface area (TPSA) is 75.2 Å². The maximum absolute atomic E-state index is 12.3. The van der Waals surface area contributed by atoms with Crippen LogP contribution in [0.2, 0.25) is 10.3 Å². The molecule has 1 unspecified atom stereocenters. The van der Waals surface area contributed by atoms with Crippen LogP contribution >= 0.6 is 23.2 Å². The van der Waals surface area contributed by atoms with Crippen LogP contribution in [0.3, 0.4) is 0 Å². The SMILES string of the molecule is CC1C(=O)NCCN1C(=O)c1cc(Cl)nnc1Cl. The molecule has 0 spiro atoms. The number of aromatic nitrogens is 2. The number of carbonyl (C=O) groups is 2. The lowest BCUT2D eigenvalue weighted by Crippen LogP contribution is -2.55. The van der Waals surface area contributed by atoms with Crippen molar-refractivity contribution in [1.29, 1.82) is 0 Å². The van der Waals surface area contributed by atoms with Gasteiger partial charge in [0.1, 0.15) is 6.04 Å². The number of rotatable bonds is 1. The van der Waals surface area contributed by atoms with Crippen molar-refractivity contribution in [2.24, 2.45) is 0 Å². The summed E-state index contributed by atoms with van der Waals surface area (Å²) in [4.78, 5) is 25.2. The van der Waals surface area contributed by atoms with Gasteiger partial charge in [0.25, 0.3) is 5.91 Å². The Balaban J connectivity index is 2.30. The highest BCUT2D eigenvalue weighted by atomic mass is 35.5. The lowest BCUT2D eigenvalue weighted by Gasteiger charge is -2.32. The molecule has 8 heteroatoms. The normalized spacial score (nSPS) is 19.6. The summed E-state index contributed by atoms with van der Waals surface area (Å²) in [7, 11) is 0. The van der Waals surface area contributed by atoms with E-state index in [4.69, 9.17) is 23.2 Å². The van der Waals surface area contributed by atoms with E-state index in [0.29, 0.717) is 13.1 Å². The molecular weight excluding hydrogens is 279 g/mol. The Labute approximate surface area is 113 Å². The second-order valence-electron chi connectivity index (χ2n) is 3.84. The van der Waals surface area contributed by atoms with Crippen LogP contribution in [-0.4, -0.2) is 46.0 Å². The molecule has 18 heavy (non-hydrogen) atoms. The number of hydrogen-bond acceptors (Lipinski definition) is 4. The summed E-state index contributed by atoms with van der Waals surface area (Å²) in [6, 6.07) is 0.799. The molecule has 1 saturated heterocycles. The summed E-state index contributed by atoms with van der Waals surface area (Å²) in [6.07, 6.45) is 0. The first-order chi connectivity index (χ1) is 8.50. The average Bonchev–Trinajstić information content (AvgIpc) is 2.35. The summed E-state index contributed by atoms with van der Waals surface area (Å²) in [6.45, 7) is 2.48. The van der Waals surface area contributed by atoms with E-state index < -0.39 is 6.04 Å². The van der Waals surface area contributed by atoms with Crippen LogP contribution in [0.5, 0.6) is 0 Å². The third kappa shape index (κ3) is 2.39. The van der Waals surface area contributed by atoms with Crippen molar-refractivity contribution < 1.29 is 9.59 Å². The second-order valence-corrected chi connectivity index (χ2v) is 4.58. The van der Waals surface area contributed by atoms with Crippen molar-refractivity contribution >= 4 is 35.0 Å². The fraction of sp³-hybridized carbons (Fsp3) is 0.400. The van der Waals surface area contributed by atoms with Gasteiger partial charge in [-0.2, -0.15) is 0 Å². The quantitative estimate of drug-likeness (QED) is 0.827. The minimum Gasteiger partial charge on any atom is -0.353 e. The predicted molar refractivity (Wildman–Crippen MR) is 65.6 cm³/mol. The highest BCUT2D eigenvalue weighted by Gasteiger charge is 2.31. The van der Waals surface area contributed by atoms with Gasteiger partial charge < -0.3 is 10.2 Å². The molecule has 1 aromatic rings. The van der Waals surface area contributed by atoms with Crippen molar-refractivity contribution in [3.05, 3.63) is 21.9 Å². The lowest BCUT2D eigenvalue weighted by molar-refractivity contribution is -0.127. The molecule has 1 atom stereocenters. The molecule has 1 fully saturated rings. The van der Waals surface area contributed by atoms with Gasteiger partial charge in [-0.25, -0.2) is 0 Å². The first-order valence-electron chi connectivity index (χ1n) is 5.28. The Kier molecular flexibility index (Phi) is 3.68. The highest BCUT2D eigenvalue weighted by molar-refractivity contribution is 6.34. The van der Waals surface area contributed by atoms with Gasteiger partial charge in [0.2, 0.25) is 5.91 Å². The standard InChI is InChI=1S/C10H10Cl2N4O2/c1-5-9(17)13-2-3-16(5)10(18)6-4-7(11)14-15-8(6)12/h4-5H,2-3H2,1H3,(H,13,17). The molecule has 0 radical (unpaired) electrons. The van der Waals surface area contributed by atoms with E-state index in [0.717, 1.165) is 0 Å². The van der Waals surface area contributed by atoms with Crippen LogP contribution < -0.4 is 5.32 Å². The molecular formula is C10H10Cl2N4O2. The summed E-state index contributed by atoms with van der Waals surface area (Å²) < 4.78 is 0. The van der Waals surface area contributed by atoms with E-state index in [1.165, 1.54) is 11.0 Å². The number of hydrogen-bond donors (Lipinski definition) is 1. The third-order valence-corrected chi connectivity index (χ3v) is 3.17. The van der Waals surface area contributed by atoms with Gasteiger partial charge in [-0.3, -0.25) is 9.59 Å². The predicted octanol–water partition coefficient (Wildman–Crippen LogP) is 0.744. The Morgan fingerprint density at radius 2 is 2.22 bits per heavy atom. The first-order valence-corrected chi connectivity index (χ1v) is 6.03. The Morgan fingerprint density at radius 1 is 1.50 bits per heavy atom. The zero-order valence-corrected chi connectivity index (χ0v) is 11.0. The molecule has 0 aliphatic carbocycles. The maximum Gasteiger partial charge on any atom is 0.257 e. The number of nitrogens with zero attached hydrogens (tertiary/aromatic N) is 3. The monoisotopic (exact) mass is 288 g/mol. The second kappa shape index (κ2) is 5.07. The van der Waals surface area contributed by atoms with E-state index >= 15 is 0 Å². The van der Waals surface area contributed by atoms with Gasteiger partial charge in [0.15, 0.2) is 10.3 Å². The van der Waals surface area contributed by atoms with Crippen LogP contribution in [0.4, 0.5) is 0 Å². The van der Waals surface area contributed by atoms with Gasteiger partial charge in [-0.05, 0) is 13.0 Å². The molecule has 96 valence electrons. The lowest BCUT2D eigenvalue weighted by atomic mass is 10.1. The largest absolute Gasteiger partial charge is 0.353 e. The first kappa shape index (κ1) is 13.0. The number of halogens is 2. The Hall–Kier alpha value is -1.40. The number of carbonyl (C=O) groups excluding carboxylic acids is 2. The van der Waals surface area contributed by atoms with Crippen LogP contribution in [0, 0.1) is 0 Å². The zero-order chi connectivity index (χ0) is 13.3. The van der Waals surface area contributed by atoms with Crippen molar-refractivity contribution in [3.8, 4) is 0 Å². The molecule has 2 rings (SSSR count). The fourth-order valence-corrected chi connectivity index (χ4v) is 2.04. The molecule has 2 amide bonds. The van der Waals surface area contributed by atoms with Crippen molar-refractivity contribution in [2.45, 2.75) is 13.0 Å². The van der Waals surface area contributed by atoms with Gasteiger partial charge >= 0.3 is 0 Å². The van der Waals surface area contributed by atoms with E-state index in [2.05, 4.69) is 15.5 Å². The summed E-state index contributed by atoms with van der Waals surface area (Å²) in [5.41, 5.74) is 0.151. The Morgan fingerprint density at radius 3 is 2.94 bits per heavy atom. The smallest absolute Gasteiger partial charge is 0.257 e. The number of amides is 2. The summed E-state index contributed by atoms with van der Waals surface area (Å²) in [5, 5.41) is 9.84. The van der Waals surface area contributed by atoms with Gasteiger partial charge in [0, 0.05) is 13.1 Å². The molecule has 1 aromatic heterocycles. The van der Waals surface area contributed by atoms with Crippen LogP contribution in [0.25, 0.3) is 0 Å². The fourth-order valence-electron chi connectivity index (χ4n) is 1.72. The molecule has 2 heterocycles. The van der Waals surface area contributed by atoms with Crippen molar-refractivity contribution in [2.75, 3.05) is 13.1 Å². The molecule has 1 N–H and O–H groups in total. The number of nitrogens with one attached hydrogen (secondary N) is 1. The third-order valence-electron chi connectivity index (χ3n) is 2.71. The minimum absolute atomic E-state index is 0.0254. The maximum atomic E-state index is 12.3. The molecule has 0 saturated carbocycles. The molecule has 0 aromatic carbocycles. The molecule has 1 aliphatic rings. The van der Waals surface area contributed by atoms with Crippen molar-refractivity contribution in [1.82, 2.24) is 20.4 Å². The van der Waals surface area contributed by atoms with E-state index in [1.54, 1.807) is 6.92 Å². The van der Waals surface area contributed by atoms with Crippen molar-refractivity contribution in [3.63, 3.8) is 0 Å². The van der Waals surface area contributed by atoms with Crippen LogP contribution in [-0.2, 0) is 4.79 Å². The zero-order valence-electron chi connectivity index (χ0n) is 9.48. The average molecular weight is 289 g/mol. The molecule has 0 bridgehead atoms. The van der Waals surface area contributed by atoms with Crippen LogP contribution in [0.15, 0.2) is 6.07 Å². The molecule has 6 nitrogen and oxygen atoms in total. The van der Waals surface area contributed by atoms with E-state index in [-0.39, 0.29) is 27.7 Å².